The topological polar surface area (TPSA) is 91.9 Å². The van der Waals surface area contributed by atoms with Crippen LogP contribution in [0.15, 0.2) is 60.3 Å². The van der Waals surface area contributed by atoms with Crippen molar-refractivity contribution in [2.45, 2.75) is 44.9 Å². The molecule has 34 heavy (non-hydrogen) atoms. The third-order valence-electron chi connectivity index (χ3n) is 6.38. The van der Waals surface area contributed by atoms with E-state index in [0.29, 0.717) is 24.5 Å². The predicted molar refractivity (Wildman–Crippen MR) is 128 cm³/mol. The quantitative estimate of drug-likeness (QED) is 0.320. The lowest BCUT2D eigenvalue weighted by Crippen LogP contribution is -2.36. The van der Waals surface area contributed by atoms with Gasteiger partial charge in [0, 0.05) is 41.4 Å². The summed E-state index contributed by atoms with van der Waals surface area (Å²) >= 11 is 0. The molecule has 0 aliphatic carbocycles. The van der Waals surface area contributed by atoms with Gasteiger partial charge in [0.15, 0.2) is 0 Å². The second-order valence-corrected chi connectivity index (χ2v) is 9.07. The molecule has 1 aromatic heterocycles. The number of hydrogen-bond acceptors (Lipinski definition) is 5. The molecule has 2 atom stereocenters. The number of nitrogens with one attached hydrogen (secondary N) is 1. The molecule has 2 aromatic carbocycles. The highest BCUT2D eigenvalue weighted by Gasteiger charge is 2.47. The van der Waals surface area contributed by atoms with E-state index in [2.05, 4.69) is 4.98 Å². The number of benzene rings is 2. The summed E-state index contributed by atoms with van der Waals surface area (Å²) in [6.45, 7) is 4.82. The Morgan fingerprint density at radius 1 is 1.18 bits per heavy atom. The van der Waals surface area contributed by atoms with Crippen molar-refractivity contribution < 1.29 is 24.2 Å². The van der Waals surface area contributed by atoms with Crippen LogP contribution >= 0.6 is 0 Å². The number of ether oxygens (including phenoxy) is 2. The summed E-state index contributed by atoms with van der Waals surface area (Å²) in [5.74, 6) is -0.835. The number of aromatic amines is 1. The first kappa shape index (κ1) is 22.2. The number of nitrogens with zero attached hydrogens (tertiary/aromatic N) is 1. The highest BCUT2D eigenvalue weighted by atomic mass is 16.5. The van der Waals surface area contributed by atoms with E-state index in [9.17, 15) is 14.7 Å². The Hall–Kier alpha value is -3.58. The minimum atomic E-state index is -0.716. The second-order valence-electron chi connectivity index (χ2n) is 9.07. The number of aromatic nitrogens is 1. The summed E-state index contributed by atoms with van der Waals surface area (Å²) in [5, 5.41) is 12.2. The van der Waals surface area contributed by atoms with Gasteiger partial charge in [-0.1, -0.05) is 18.2 Å². The molecular weight excluding hydrogens is 432 g/mol. The minimum absolute atomic E-state index is 0.0180. The van der Waals surface area contributed by atoms with E-state index in [1.807, 2.05) is 44.3 Å². The Kier molecular flexibility index (Phi) is 5.87. The molecule has 2 saturated heterocycles. The normalized spacial score (nSPS) is 22.3. The van der Waals surface area contributed by atoms with Gasteiger partial charge in [0.25, 0.3) is 11.7 Å². The summed E-state index contributed by atoms with van der Waals surface area (Å²) in [4.78, 5) is 31.3. The summed E-state index contributed by atoms with van der Waals surface area (Å²) in [6, 6.07) is 13.9. The molecule has 1 amide bonds. The van der Waals surface area contributed by atoms with Crippen molar-refractivity contribution in [2.75, 3.05) is 13.2 Å². The molecule has 2 fully saturated rings. The number of carbonyl (C=O) groups excluding carboxylic acids is 2. The summed E-state index contributed by atoms with van der Waals surface area (Å²) < 4.78 is 11.5. The molecule has 0 saturated carbocycles. The molecule has 5 rings (SSSR count). The third-order valence-corrected chi connectivity index (χ3v) is 6.38. The van der Waals surface area contributed by atoms with Crippen molar-refractivity contribution in [3.63, 3.8) is 0 Å². The van der Waals surface area contributed by atoms with Gasteiger partial charge in [0.05, 0.1) is 23.8 Å². The van der Waals surface area contributed by atoms with Gasteiger partial charge in [-0.15, -0.1) is 0 Å². The Balaban J connectivity index is 1.61. The van der Waals surface area contributed by atoms with Crippen molar-refractivity contribution in [3.8, 4) is 5.75 Å². The highest BCUT2D eigenvalue weighted by molar-refractivity contribution is 6.46. The molecule has 7 heteroatoms. The predicted octanol–water partition coefficient (Wildman–Crippen LogP) is 4.56. The Morgan fingerprint density at radius 2 is 1.94 bits per heavy atom. The number of likely N-dealkylation sites (tertiary alicyclic amines) is 1. The number of carbonyl (C=O) groups is 2. The van der Waals surface area contributed by atoms with Crippen LogP contribution in [0.3, 0.4) is 0 Å². The molecule has 0 bridgehead atoms. The molecule has 3 aromatic rings. The van der Waals surface area contributed by atoms with Crippen molar-refractivity contribution in [3.05, 3.63) is 71.4 Å². The van der Waals surface area contributed by atoms with Crippen LogP contribution in [0.2, 0.25) is 0 Å². The largest absolute Gasteiger partial charge is 0.507 e. The van der Waals surface area contributed by atoms with Crippen LogP contribution in [-0.4, -0.2) is 52.0 Å². The molecule has 176 valence electrons. The van der Waals surface area contributed by atoms with Gasteiger partial charge in [-0.25, -0.2) is 0 Å². The van der Waals surface area contributed by atoms with E-state index in [4.69, 9.17) is 9.47 Å². The molecule has 2 N–H and O–H groups in total. The first-order valence-corrected chi connectivity index (χ1v) is 11.7. The SMILES string of the molecule is CC(C)Oc1ccc(/C(O)=C2\C(=O)C(=O)N(CC3CCCO3)C2c2c[nH]c3ccccc23)cc1. The number of hydrogen-bond donors (Lipinski definition) is 2. The molecule has 2 unspecified atom stereocenters. The molecule has 0 radical (unpaired) electrons. The molecule has 0 spiro atoms. The van der Waals surface area contributed by atoms with Crippen molar-refractivity contribution >= 4 is 28.4 Å². The van der Waals surface area contributed by atoms with Gasteiger partial charge < -0.3 is 24.5 Å². The maximum atomic E-state index is 13.3. The summed E-state index contributed by atoms with van der Waals surface area (Å²) in [6.07, 6.45) is 3.47. The number of ketones is 1. The van der Waals surface area contributed by atoms with Crippen LogP contribution in [0.4, 0.5) is 0 Å². The van der Waals surface area contributed by atoms with Gasteiger partial charge in [-0.3, -0.25) is 9.59 Å². The maximum Gasteiger partial charge on any atom is 0.295 e. The first-order valence-electron chi connectivity index (χ1n) is 11.7. The number of fused-ring (bicyclic) bond motifs is 1. The molecule has 7 nitrogen and oxygen atoms in total. The fourth-order valence-corrected chi connectivity index (χ4v) is 4.84. The Morgan fingerprint density at radius 3 is 2.65 bits per heavy atom. The number of para-hydroxylation sites is 1. The van der Waals surface area contributed by atoms with Crippen LogP contribution in [0.5, 0.6) is 5.75 Å². The van der Waals surface area contributed by atoms with Gasteiger partial charge in [-0.2, -0.15) is 0 Å². The van der Waals surface area contributed by atoms with Crippen LogP contribution in [-0.2, 0) is 14.3 Å². The third kappa shape index (κ3) is 3.96. The smallest absolute Gasteiger partial charge is 0.295 e. The van der Waals surface area contributed by atoms with Crippen molar-refractivity contribution in [1.82, 2.24) is 9.88 Å². The van der Waals surface area contributed by atoms with Crippen LogP contribution in [0, 0.1) is 0 Å². The number of aliphatic hydroxyl groups is 1. The molecule has 2 aliphatic heterocycles. The average molecular weight is 461 g/mol. The number of rotatable bonds is 6. The highest BCUT2D eigenvalue weighted by Crippen LogP contribution is 2.42. The zero-order valence-corrected chi connectivity index (χ0v) is 19.3. The fourth-order valence-electron chi connectivity index (χ4n) is 4.84. The van der Waals surface area contributed by atoms with Gasteiger partial charge in [0.2, 0.25) is 0 Å². The average Bonchev–Trinajstić information content (AvgIpc) is 3.54. The van der Waals surface area contributed by atoms with Gasteiger partial charge >= 0.3 is 0 Å². The van der Waals surface area contributed by atoms with E-state index >= 15 is 0 Å². The van der Waals surface area contributed by atoms with E-state index in [1.165, 1.54) is 0 Å². The maximum absolute atomic E-state index is 13.3. The fraction of sp³-hybridized carbons (Fsp3) is 0.333. The van der Waals surface area contributed by atoms with E-state index in [-0.39, 0.29) is 23.5 Å². The van der Waals surface area contributed by atoms with Crippen LogP contribution in [0.25, 0.3) is 16.7 Å². The van der Waals surface area contributed by atoms with E-state index in [0.717, 1.165) is 29.3 Å². The van der Waals surface area contributed by atoms with Gasteiger partial charge in [-0.05, 0) is 57.0 Å². The van der Waals surface area contributed by atoms with E-state index in [1.54, 1.807) is 29.2 Å². The minimum Gasteiger partial charge on any atom is -0.507 e. The summed E-state index contributed by atoms with van der Waals surface area (Å²) in [5.41, 5.74) is 2.21. The number of aliphatic hydroxyl groups excluding tert-OH is 1. The van der Waals surface area contributed by atoms with E-state index < -0.39 is 17.7 Å². The van der Waals surface area contributed by atoms with Crippen molar-refractivity contribution in [2.24, 2.45) is 0 Å². The molecule has 2 aliphatic rings. The lowest BCUT2D eigenvalue weighted by molar-refractivity contribution is -0.140. The lowest BCUT2D eigenvalue weighted by Gasteiger charge is -2.27. The zero-order valence-electron chi connectivity index (χ0n) is 19.3. The Bertz CT molecular complexity index is 1250. The second kappa shape index (κ2) is 8.99. The molecule has 3 heterocycles. The monoisotopic (exact) mass is 460 g/mol. The first-order chi connectivity index (χ1) is 16.4. The molecular formula is C27H28N2O5. The van der Waals surface area contributed by atoms with Crippen LogP contribution < -0.4 is 4.74 Å². The Labute approximate surface area is 198 Å². The lowest BCUT2D eigenvalue weighted by atomic mass is 9.94. The summed E-state index contributed by atoms with van der Waals surface area (Å²) in [7, 11) is 0. The zero-order chi connectivity index (χ0) is 23.8. The number of H-pyrrole nitrogens is 1. The van der Waals surface area contributed by atoms with Gasteiger partial charge in [0.1, 0.15) is 11.5 Å². The standard InChI is InChI=1S/C27H28N2O5/c1-16(2)34-18-11-9-17(10-12-18)25(30)23-24(21-14-28-22-8-4-3-7-20(21)22)29(27(32)26(23)31)15-19-6-5-13-33-19/h3-4,7-12,14,16,19,24,28,30H,5-6,13,15H2,1-2H3/b25-23+. The number of amides is 1. The number of Topliss-reactive ketones (excluding diaryl/α,β-unsaturated/α-hetero) is 1. The van der Waals surface area contributed by atoms with Crippen LogP contribution in [0.1, 0.15) is 43.9 Å². The van der Waals surface area contributed by atoms with Crippen molar-refractivity contribution in [1.29, 1.82) is 0 Å².